The van der Waals surface area contributed by atoms with Crippen LogP contribution in [0.1, 0.15) is 12.5 Å². The Morgan fingerprint density at radius 1 is 1.18 bits per heavy atom. The second-order valence-electron chi connectivity index (χ2n) is 5.01. The van der Waals surface area contributed by atoms with E-state index in [9.17, 15) is 4.79 Å². The molecule has 22 heavy (non-hydrogen) atoms. The maximum Gasteiger partial charge on any atom is 0.328 e. The van der Waals surface area contributed by atoms with Crippen LogP contribution in [0, 0.1) is 0 Å². The average molecular weight is 290 g/mol. The lowest BCUT2D eigenvalue weighted by Gasteiger charge is -2.07. The SMILES string of the molecule is C/C(=C\C(=O)O)c1cncc(-c2cccc3cccnc23)c1. The number of carboxylic acid groups (broad SMARTS) is 1. The van der Waals surface area contributed by atoms with Crippen LogP contribution in [0.25, 0.3) is 27.6 Å². The third-order valence-corrected chi connectivity index (χ3v) is 3.48. The lowest BCUT2D eigenvalue weighted by Crippen LogP contribution is -1.92. The van der Waals surface area contributed by atoms with Gasteiger partial charge in [0, 0.05) is 41.2 Å². The zero-order valence-electron chi connectivity index (χ0n) is 12.0. The Balaban J connectivity index is 2.14. The number of hydrogen-bond acceptors (Lipinski definition) is 3. The first kappa shape index (κ1) is 13.9. The van der Waals surface area contributed by atoms with Gasteiger partial charge in [-0.2, -0.15) is 0 Å². The number of para-hydroxylation sites is 1. The zero-order chi connectivity index (χ0) is 15.5. The van der Waals surface area contributed by atoms with Crippen LogP contribution in [-0.4, -0.2) is 21.0 Å². The van der Waals surface area contributed by atoms with Crippen molar-refractivity contribution in [3.8, 4) is 11.1 Å². The van der Waals surface area contributed by atoms with E-state index in [4.69, 9.17) is 5.11 Å². The molecule has 0 atom stereocenters. The summed E-state index contributed by atoms with van der Waals surface area (Å²) in [6.07, 6.45) is 6.37. The van der Waals surface area contributed by atoms with Crippen LogP contribution in [-0.2, 0) is 4.79 Å². The number of allylic oxidation sites excluding steroid dienone is 1. The number of nitrogens with zero attached hydrogens (tertiary/aromatic N) is 2. The first-order valence-corrected chi connectivity index (χ1v) is 6.86. The molecule has 0 saturated carbocycles. The van der Waals surface area contributed by atoms with Gasteiger partial charge in [0.15, 0.2) is 0 Å². The standard InChI is InChI=1S/C18H14N2O2/c1-12(8-17(21)22)14-9-15(11-19-10-14)16-6-2-4-13-5-3-7-20-18(13)16/h2-11H,1H3,(H,21,22)/b12-8+. The number of carbonyl (C=O) groups is 1. The Bertz CT molecular complexity index is 880. The summed E-state index contributed by atoms with van der Waals surface area (Å²) in [4.78, 5) is 19.5. The quantitative estimate of drug-likeness (QED) is 0.745. The summed E-state index contributed by atoms with van der Waals surface area (Å²) in [5, 5.41) is 9.92. The third-order valence-electron chi connectivity index (χ3n) is 3.48. The first-order chi connectivity index (χ1) is 10.6. The Hall–Kier alpha value is -3.01. The average Bonchev–Trinajstić information content (AvgIpc) is 2.54. The van der Waals surface area contributed by atoms with Gasteiger partial charge in [0.2, 0.25) is 0 Å². The molecule has 3 aromatic rings. The molecular formula is C18H14N2O2. The number of rotatable bonds is 3. The highest BCUT2D eigenvalue weighted by Gasteiger charge is 2.07. The monoisotopic (exact) mass is 290 g/mol. The third kappa shape index (κ3) is 2.72. The van der Waals surface area contributed by atoms with Gasteiger partial charge in [-0.25, -0.2) is 4.79 Å². The van der Waals surface area contributed by atoms with Crippen molar-refractivity contribution in [3.63, 3.8) is 0 Å². The number of aliphatic carboxylic acids is 1. The summed E-state index contributed by atoms with van der Waals surface area (Å²) in [7, 11) is 0. The number of hydrogen-bond donors (Lipinski definition) is 1. The van der Waals surface area contributed by atoms with Gasteiger partial charge >= 0.3 is 5.97 Å². The number of benzene rings is 1. The van der Waals surface area contributed by atoms with Gasteiger partial charge in [0.25, 0.3) is 0 Å². The molecule has 2 aromatic heterocycles. The summed E-state index contributed by atoms with van der Waals surface area (Å²) < 4.78 is 0. The lowest BCUT2D eigenvalue weighted by molar-refractivity contribution is -0.131. The summed E-state index contributed by atoms with van der Waals surface area (Å²) >= 11 is 0. The topological polar surface area (TPSA) is 63.1 Å². The largest absolute Gasteiger partial charge is 0.478 e. The van der Waals surface area contributed by atoms with Gasteiger partial charge in [-0.15, -0.1) is 0 Å². The number of carboxylic acids is 1. The zero-order valence-corrected chi connectivity index (χ0v) is 12.0. The molecule has 4 heteroatoms. The minimum absolute atomic E-state index is 0.662. The number of aromatic nitrogens is 2. The number of pyridine rings is 2. The van der Waals surface area contributed by atoms with E-state index in [1.807, 2.05) is 36.4 Å². The summed E-state index contributed by atoms with van der Waals surface area (Å²) in [5.41, 5.74) is 4.25. The molecule has 0 amide bonds. The Morgan fingerprint density at radius 3 is 2.82 bits per heavy atom. The Kier molecular flexibility index (Phi) is 3.66. The molecule has 3 rings (SSSR count). The fourth-order valence-corrected chi connectivity index (χ4v) is 2.41. The summed E-state index contributed by atoms with van der Waals surface area (Å²) in [6, 6.07) is 11.8. The normalized spacial score (nSPS) is 11.6. The molecule has 1 aromatic carbocycles. The second-order valence-corrected chi connectivity index (χ2v) is 5.01. The van der Waals surface area contributed by atoms with Crippen LogP contribution in [0.2, 0.25) is 0 Å². The molecule has 0 unspecified atom stereocenters. The molecular weight excluding hydrogens is 276 g/mol. The maximum atomic E-state index is 10.8. The van der Waals surface area contributed by atoms with Gasteiger partial charge in [-0.1, -0.05) is 24.3 Å². The maximum absolute atomic E-state index is 10.8. The van der Waals surface area contributed by atoms with Gasteiger partial charge in [0.1, 0.15) is 0 Å². The molecule has 0 radical (unpaired) electrons. The van der Waals surface area contributed by atoms with Crippen molar-refractivity contribution in [2.45, 2.75) is 6.92 Å². The molecule has 0 spiro atoms. The molecule has 2 heterocycles. The van der Waals surface area contributed by atoms with E-state index in [0.717, 1.165) is 27.6 Å². The molecule has 0 aliphatic heterocycles. The number of fused-ring (bicyclic) bond motifs is 1. The molecule has 0 aliphatic rings. The van der Waals surface area contributed by atoms with E-state index in [-0.39, 0.29) is 0 Å². The van der Waals surface area contributed by atoms with Crippen LogP contribution in [0.5, 0.6) is 0 Å². The fourth-order valence-electron chi connectivity index (χ4n) is 2.41. The highest BCUT2D eigenvalue weighted by Crippen LogP contribution is 2.28. The molecule has 4 nitrogen and oxygen atoms in total. The fraction of sp³-hybridized carbons (Fsp3) is 0.0556. The van der Waals surface area contributed by atoms with Crippen LogP contribution in [0.4, 0.5) is 0 Å². The Morgan fingerprint density at radius 2 is 2.00 bits per heavy atom. The minimum Gasteiger partial charge on any atom is -0.478 e. The predicted octanol–water partition coefficient (Wildman–Crippen LogP) is 3.78. The molecule has 0 aliphatic carbocycles. The van der Waals surface area contributed by atoms with E-state index in [0.29, 0.717) is 5.57 Å². The second kappa shape index (κ2) is 5.77. The van der Waals surface area contributed by atoms with Crippen LogP contribution in [0.3, 0.4) is 0 Å². The van der Waals surface area contributed by atoms with Gasteiger partial charge in [0.05, 0.1) is 5.52 Å². The van der Waals surface area contributed by atoms with E-state index < -0.39 is 5.97 Å². The summed E-state index contributed by atoms with van der Waals surface area (Å²) in [5.74, 6) is -0.963. The van der Waals surface area contributed by atoms with E-state index >= 15 is 0 Å². The Labute approximate surface area is 127 Å². The van der Waals surface area contributed by atoms with Crippen molar-refractivity contribution in [2.75, 3.05) is 0 Å². The smallest absolute Gasteiger partial charge is 0.328 e. The molecule has 0 fully saturated rings. The van der Waals surface area contributed by atoms with E-state index in [1.165, 1.54) is 6.08 Å². The van der Waals surface area contributed by atoms with Crippen LogP contribution < -0.4 is 0 Å². The van der Waals surface area contributed by atoms with Crippen LogP contribution in [0.15, 0.2) is 61.1 Å². The van der Waals surface area contributed by atoms with Crippen molar-refractivity contribution >= 4 is 22.4 Å². The lowest BCUT2D eigenvalue weighted by atomic mass is 10.0. The molecule has 0 bridgehead atoms. The predicted molar refractivity (Wildman–Crippen MR) is 86.3 cm³/mol. The minimum atomic E-state index is -0.963. The van der Waals surface area contributed by atoms with E-state index in [2.05, 4.69) is 9.97 Å². The van der Waals surface area contributed by atoms with Gasteiger partial charge in [-0.05, 0) is 30.2 Å². The van der Waals surface area contributed by atoms with Crippen molar-refractivity contribution in [3.05, 3.63) is 66.6 Å². The van der Waals surface area contributed by atoms with Crippen molar-refractivity contribution in [2.24, 2.45) is 0 Å². The summed E-state index contributed by atoms with van der Waals surface area (Å²) in [6.45, 7) is 1.76. The van der Waals surface area contributed by atoms with Crippen molar-refractivity contribution in [1.82, 2.24) is 9.97 Å². The van der Waals surface area contributed by atoms with Crippen molar-refractivity contribution < 1.29 is 9.90 Å². The first-order valence-electron chi connectivity index (χ1n) is 6.86. The highest BCUT2D eigenvalue weighted by molar-refractivity contribution is 5.94. The molecule has 0 saturated heterocycles. The van der Waals surface area contributed by atoms with Crippen LogP contribution >= 0.6 is 0 Å². The van der Waals surface area contributed by atoms with Gasteiger partial charge < -0.3 is 5.11 Å². The molecule has 108 valence electrons. The molecule has 1 N–H and O–H groups in total. The van der Waals surface area contributed by atoms with Crippen molar-refractivity contribution in [1.29, 1.82) is 0 Å². The van der Waals surface area contributed by atoms with Gasteiger partial charge in [-0.3, -0.25) is 9.97 Å². The highest BCUT2D eigenvalue weighted by atomic mass is 16.4. The van der Waals surface area contributed by atoms with E-state index in [1.54, 1.807) is 25.5 Å².